The Kier molecular flexibility index (Phi) is 3.30. The quantitative estimate of drug-likeness (QED) is 0.851. The number of anilines is 2. The summed E-state index contributed by atoms with van der Waals surface area (Å²) >= 11 is 0. The van der Waals surface area contributed by atoms with E-state index in [0.29, 0.717) is 13.0 Å². The van der Waals surface area contributed by atoms with E-state index >= 15 is 0 Å². The standard InChI is InChI=1S/C14H20N2O2/c1-14(2,9-17)8-16-12-5-4-11(15-3)6-10(12)7-13(16)18/h4-6,15,17H,7-9H2,1-3H3. The van der Waals surface area contributed by atoms with Crippen LogP contribution in [0.25, 0.3) is 0 Å². The van der Waals surface area contributed by atoms with Crippen molar-refractivity contribution in [1.82, 2.24) is 0 Å². The molecule has 1 heterocycles. The van der Waals surface area contributed by atoms with Gasteiger partial charge < -0.3 is 15.3 Å². The molecular weight excluding hydrogens is 228 g/mol. The first-order valence-electron chi connectivity index (χ1n) is 6.19. The summed E-state index contributed by atoms with van der Waals surface area (Å²) in [6.45, 7) is 4.54. The fraction of sp³-hybridized carbons (Fsp3) is 0.500. The number of nitrogens with one attached hydrogen (secondary N) is 1. The summed E-state index contributed by atoms with van der Waals surface area (Å²) in [5.74, 6) is 0.111. The molecule has 98 valence electrons. The number of rotatable bonds is 4. The number of carbonyl (C=O) groups is 1. The van der Waals surface area contributed by atoms with E-state index < -0.39 is 0 Å². The van der Waals surface area contributed by atoms with Crippen molar-refractivity contribution in [2.75, 3.05) is 30.4 Å². The summed E-state index contributed by atoms with van der Waals surface area (Å²) in [5.41, 5.74) is 2.77. The molecule has 4 nitrogen and oxygen atoms in total. The van der Waals surface area contributed by atoms with Crippen LogP contribution < -0.4 is 10.2 Å². The molecule has 0 aromatic heterocycles. The predicted molar refractivity (Wildman–Crippen MR) is 72.9 cm³/mol. The third-order valence-corrected chi connectivity index (χ3v) is 3.32. The first-order valence-corrected chi connectivity index (χ1v) is 6.19. The number of aliphatic hydroxyl groups excluding tert-OH is 1. The van der Waals surface area contributed by atoms with E-state index in [1.165, 1.54) is 0 Å². The van der Waals surface area contributed by atoms with Crippen molar-refractivity contribution in [3.8, 4) is 0 Å². The van der Waals surface area contributed by atoms with Crippen molar-refractivity contribution < 1.29 is 9.90 Å². The first-order chi connectivity index (χ1) is 8.46. The van der Waals surface area contributed by atoms with E-state index in [1.807, 2.05) is 39.1 Å². The second kappa shape index (κ2) is 4.61. The van der Waals surface area contributed by atoms with Crippen LogP contribution in [0.15, 0.2) is 18.2 Å². The summed E-state index contributed by atoms with van der Waals surface area (Å²) < 4.78 is 0. The van der Waals surface area contributed by atoms with Crippen molar-refractivity contribution in [2.45, 2.75) is 20.3 Å². The Morgan fingerprint density at radius 2 is 2.17 bits per heavy atom. The lowest BCUT2D eigenvalue weighted by atomic mass is 9.94. The molecule has 0 fully saturated rings. The number of fused-ring (bicyclic) bond motifs is 1. The van der Waals surface area contributed by atoms with Gasteiger partial charge in [0.05, 0.1) is 6.42 Å². The van der Waals surface area contributed by atoms with Crippen molar-refractivity contribution >= 4 is 17.3 Å². The number of nitrogens with zero attached hydrogens (tertiary/aromatic N) is 1. The number of aliphatic hydroxyl groups is 1. The molecule has 1 amide bonds. The molecule has 0 aliphatic carbocycles. The maximum absolute atomic E-state index is 12.0. The van der Waals surface area contributed by atoms with Crippen LogP contribution in [0.3, 0.4) is 0 Å². The molecular formula is C14H20N2O2. The van der Waals surface area contributed by atoms with Crippen LogP contribution in [-0.2, 0) is 11.2 Å². The van der Waals surface area contributed by atoms with Gasteiger partial charge in [0.15, 0.2) is 0 Å². The number of benzene rings is 1. The molecule has 1 aromatic rings. The Balaban J connectivity index is 2.28. The summed E-state index contributed by atoms with van der Waals surface area (Å²) in [6, 6.07) is 5.95. The fourth-order valence-electron chi connectivity index (χ4n) is 2.19. The van der Waals surface area contributed by atoms with Crippen molar-refractivity contribution in [3.05, 3.63) is 23.8 Å². The van der Waals surface area contributed by atoms with Crippen molar-refractivity contribution in [2.24, 2.45) is 5.41 Å². The zero-order valence-electron chi connectivity index (χ0n) is 11.2. The largest absolute Gasteiger partial charge is 0.396 e. The topological polar surface area (TPSA) is 52.6 Å². The third kappa shape index (κ3) is 2.34. The van der Waals surface area contributed by atoms with Gasteiger partial charge in [-0.25, -0.2) is 0 Å². The minimum atomic E-state index is -0.279. The monoisotopic (exact) mass is 248 g/mol. The summed E-state index contributed by atoms with van der Waals surface area (Å²) in [5, 5.41) is 12.4. The smallest absolute Gasteiger partial charge is 0.231 e. The molecule has 0 atom stereocenters. The van der Waals surface area contributed by atoms with Crippen LogP contribution in [0.2, 0.25) is 0 Å². The maximum atomic E-state index is 12.0. The normalized spacial score (nSPS) is 14.9. The lowest BCUT2D eigenvalue weighted by Gasteiger charge is -2.28. The number of hydrogen-bond donors (Lipinski definition) is 2. The molecule has 18 heavy (non-hydrogen) atoms. The van der Waals surface area contributed by atoms with Crippen LogP contribution in [0.1, 0.15) is 19.4 Å². The predicted octanol–water partition coefficient (Wildman–Crippen LogP) is 1.64. The molecule has 0 radical (unpaired) electrons. The van der Waals surface area contributed by atoms with E-state index in [2.05, 4.69) is 5.32 Å². The van der Waals surface area contributed by atoms with Gasteiger partial charge in [-0.3, -0.25) is 4.79 Å². The minimum absolute atomic E-state index is 0.0702. The number of carbonyl (C=O) groups excluding carboxylic acids is 1. The average molecular weight is 248 g/mol. The Morgan fingerprint density at radius 3 is 2.78 bits per heavy atom. The molecule has 2 N–H and O–H groups in total. The van der Waals surface area contributed by atoms with Gasteiger partial charge in [-0.15, -0.1) is 0 Å². The van der Waals surface area contributed by atoms with Crippen molar-refractivity contribution in [3.63, 3.8) is 0 Å². The molecule has 1 aliphatic rings. The van der Waals surface area contributed by atoms with Gasteiger partial charge in [-0.2, -0.15) is 0 Å². The van der Waals surface area contributed by atoms with E-state index in [4.69, 9.17) is 0 Å². The summed E-state index contributed by atoms with van der Waals surface area (Å²) in [6.07, 6.45) is 0.451. The van der Waals surface area contributed by atoms with Gasteiger partial charge in [-0.05, 0) is 23.8 Å². The lowest BCUT2D eigenvalue weighted by molar-refractivity contribution is -0.117. The SMILES string of the molecule is CNc1ccc2c(c1)CC(=O)N2CC(C)(C)CO. The highest BCUT2D eigenvalue weighted by Crippen LogP contribution is 2.33. The zero-order valence-corrected chi connectivity index (χ0v) is 11.2. The number of hydrogen-bond acceptors (Lipinski definition) is 3. The Hall–Kier alpha value is -1.55. The molecule has 0 unspecified atom stereocenters. The van der Waals surface area contributed by atoms with Crippen LogP contribution in [-0.4, -0.2) is 31.2 Å². The second-order valence-electron chi connectivity index (χ2n) is 5.57. The Morgan fingerprint density at radius 1 is 1.44 bits per heavy atom. The first kappa shape index (κ1) is 12.9. The van der Waals surface area contributed by atoms with Gasteiger partial charge in [0.25, 0.3) is 0 Å². The highest BCUT2D eigenvalue weighted by molar-refractivity contribution is 6.01. The van der Waals surface area contributed by atoms with Crippen molar-refractivity contribution in [1.29, 1.82) is 0 Å². The lowest BCUT2D eigenvalue weighted by Crippen LogP contribution is -2.38. The van der Waals surface area contributed by atoms with Crippen LogP contribution in [0.5, 0.6) is 0 Å². The van der Waals surface area contributed by atoms with E-state index in [-0.39, 0.29) is 17.9 Å². The molecule has 2 rings (SSSR count). The van der Waals surface area contributed by atoms with Crippen LogP contribution in [0, 0.1) is 5.41 Å². The minimum Gasteiger partial charge on any atom is -0.396 e. The Bertz CT molecular complexity index is 469. The van der Waals surface area contributed by atoms with Gasteiger partial charge in [0.1, 0.15) is 0 Å². The summed E-state index contributed by atoms with van der Waals surface area (Å²) in [4.78, 5) is 13.8. The number of amides is 1. The zero-order chi connectivity index (χ0) is 13.3. The molecule has 0 saturated heterocycles. The van der Waals surface area contributed by atoms with Gasteiger partial charge in [0, 0.05) is 37.0 Å². The molecule has 0 saturated carbocycles. The van der Waals surface area contributed by atoms with Gasteiger partial charge >= 0.3 is 0 Å². The summed E-state index contributed by atoms with van der Waals surface area (Å²) in [7, 11) is 1.87. The molecule has 1 aliphatic heterocycles. The Labute approximate surface area is 108 Å². The van der Waals surface area contributed by atoms with Crippen LogP contribution in [0.4, 0.5) is 11.4 Å². The average Bonchev–Trinajstić information content (AvgIpc) is 2.64. The molecule has 1 aromatic carbocycles. The fourth-order valence-corrected chi connectivity index (χ4v) is 2.19. The maximum Gasteiger partial charge on any atom is 0.231 e. The second-order valence-corrected chi connectivity index (χ2v) is 5.57. The van der Waals surface area contributed by atoms with Gasteiger partial charge in [-0.1, -0.05) is 13.8 Å². The van der Waals surface area contributed by atoms with E-state index in [1.54, 1.807) is 4.90 Å². The third-order valence-electron chi connectivity index (χ3n) is 3.32. The highest BCUT2D eigenvalue weighted by atomic mass is 16.3. The van der Waals surface area contributed by atoms with Crippen LogP contribution >= 0.6 is 0 Å². The highest BCUT2D eigenvalue weighted by Gasteiger charge is 2.31. The van der Waals surface area contributed by atoms with Gasteiger partial charge in [0.2, 0.25) is 5.91 Å². The molecule has 4 heteroatoms. The van der Waals surface area contributed by atoms with E-state index in [0.717, 1.165) is 16.9 Å². The molecule has 0 spiro atoms. The van der Waals surface area contributed by atoms with E-state index in [9.17, 15) is 9.90 Å². The molecule has 0 bridgehead atoms.